The molecule has 1 aliphatic heterocycles. The fourth-order valence-electron chi connectivity index (χ4n) is 4.80. The Morgan fingerprint density at radius 3 is 2.46 bits per heavy atom. The van der Waals surface area contributed by atoms with Gasteiger partial charge < -0.3 is 14.6 Å². The summed E-state index contributed by atoms with van der Waals surface area (Å²) in [7, 11) is 0. The van der Waals surface area contributed by atoms with E-state index in [4.69, 9.17) is 4.74 Å². The number of ether oxygens (including phenoxy) is 1. The molecule has 0 atom stereocenters. The van der Waals surface area contributed by atoms with Crippen LogP contribution in [0, 0.1) is 13.8 Å². The Labute approximate surface area is 199 Å². The number of hydrogen-bond acceptors (Lipinski definition) is 5. The highest BCUT2D eigenvalue weighted by molar-refractivity contribution is 6.09. The Bertz CT molecular complexity index is 1210. The number of hydrogen-bond donors (Lipinski definition) is 1. The van der Waals surface area contributed by atoms with Gasteiger partial charge in [0.2, 0.25) is 5.78 Å². The number of aromatic nitrogens is 1. The smallest absolute Gasteiger partial charge is 0.416 e. The van der Waals surface area contributed by atoms with Gasteiger partial charge in [-0.3, -0.25) is 19.3 Å². The molecule has 3 amide bonds. The van der Waals surface area contributed by atoms with E-state index < -0.39 is 54.1 Å². The van der Waals surface area contributed by atoms with E-state index in [-0.39, 0.29) is 11.3 Å². The van der Waals surface area contributed by atoms with E-state index in [0.717, 1.165) is 29.9 Å². The van der Waals surface area contributed by atoms with Crippen LogP contribution in [0.1, 0.15) is 53.0 Å². The molecule has 0 radical (unpaired) electrons. The molecule has 1 N–H and O–H groups in total. The fourth-order valence-corrected chi connectivity index (χ4v) is 4.80. The number of aryl methyl sites for hydroxylation is 1. The third-order valence-electron chi connectivity index (χ3n) is 6.52. The third kappa shape index (κ3) is 4.54. The Kier molecular flexibility index (Phi) is 6.20. The molecule has 11 heteroatoms. The van der Waals surface area contributed by atoms with Crippen LogP contribution in [0.3, 0.4) is 0 Å². The summed E-state index contributed by atoms with van der Waals surface area (Å²) in [5.41, 5.74) is -0.423. The summed E-state index contributed by atoms with van der Waals surface area (Å²) in [4.78, 5) is 50.6. The second kappa shape index (κ2) is 8.86. The summed E-state index contributed by atoms with van der Waals surface area (Å²) in [5.74, 6) is -1.94. The Morgan fingerprint density at radius 1 is 1.11 bits per heavy atom. The quantitative estimate of drug-likeness (QED) is 0.378. The van der Waals surface area contributed by atoms with Crippen molar-refractivity contribution in [3.63, 3.8) is 0 Å². The fraction of sp³-hybridized carbons (Fsp3) is 0.417. The highest BCUT2D eigenvalue weighted by Gasteiger charge is 2.52. The number of rotatable bonds is 6. The van der Waals surface area contributed by atoms with Crippen molar-refractivity contribution >= 4 is 23.7 Å². The monoisotopic (exact) mass is 491 g/mol. The number of amides is 3. The maximum Gasteiger partial charge on any atom is 0.416 e. The van der Waals surface area contributed by atoms with Gasteiger partial charge in [-0.15, -0.1) is 0 Å². The predicted octanol–water partition coefficient (Wildman–Crippen LogP) is 3.70. The summed E-state index contributed by atoms with van der Waals surface area (Å²) in [5, 5.41) is 2.66. The summed E-state index contributed by atoms with van der Waals surface area (Å²) in [6.07, 6.45) is -1.87. The predicted molar refractivity (Wildman–Crippen MR) is 117 cm³/mol. The van der Waals surface area contributed by atoms with E-state index in [1.165, 1.54) is 22.8 Å². The maximum atomic E-state index is 13.1. The van der Waals surface area contributed by atoms with E-state index >= 15 is 0 Å². The van der Waals surface area contributed by atoms with Gasteiger partial charge in [-0.25, -0.2) is 4.79 Å². The van der Waals surface area contributed by atoms with E-state index in [0.29, 0.717) is 24.2 Å². The van der Waals surface area contributed by atoms with Crippen LogP contribution in [0.25, 0.3) is 5.69 Å². The first-order valence-corrected chi connectivity index (χ1v) is 11.1. The van der Waals surface area contributed by atoms with Crippen LogP contribution in [0.15, 0.2) is 30.3 Å². The molecule has 4 rings (SSSR count). The molecule has 35 heavy (non-hydrogen) atoms. The number of nitrogens with one attached hydrogen (secondary N) is 1. The van der Waals surface area contributed by atoms with Crippen molar-refractivity contribution in [1.29, 1.82) is 0 Å². The molecular weight excluding hydrogens is 467 g/mol. The first-order valence-electron chi connectivity index (χ1n) is 11.1. The van der Waals surface area contributed by atoms with E-state index in [2.05, 4.69) is 5.32 Å². The number of carbonyl (C=O) groups is 4. The van der Waals surface area contributed by atoms with Gasteiger partial charge in [0.25, 0.3) is 5.91 Å². The van der Waals surface area contributed by atoms with Crippen LogP contribution in [-0.2, 0) is 20.5 Å². The third-order valence-corrected chi connectivity index (χ3v) is 6.52. The average molecular weight is 491 g/mol. The van der Waals surface area contributed by atoms with Crippen LogP contribution in [0.2, 0.25) is 0 Å². The second-order valence-corrected chi connectivity index (χ2v) is 8.86. The van der Waals surface area contributed by atoms with Gasteiger partial charge >= 0.3 is 18.2 Å². The number of halogens is 3. The van der Waals surface area contributed by atoms with Crippen molar-refractivity contribution in [2.24, 2.45) is 0 Å². The Hall–Kier alpha value is -3.63. The molecule has 0 unspecified atom stereocenters. The Morgan fingerprint density at radius 2 is 1.80 bits per heavy atom. The molecule has 1 saturated carbocycles. The highest BCUT2D eigenvalue weighted by Crippen LogP contribution is 2.35. The molecule has 1 aromatic heterocycles. The summed E-state index contributed by atoms with van der Waals surface area (Å²) < 4.78 is 45.9. The number of benzene rings is 1. The molecule has 2 aromatic rings. The van der Waals surface area contributed by atoms with Gasteiger partial charge in [0.15, 0.2) is 6.61 Å². The van der Waals surface area contributed by atoms with Crippen molar-refractivity contribution in [2.75, 3.05) is 13.2 Å². The van der Waals surface area contributed by atoms with E-state index in [1.807, 2.05) is 0 Å². The minimum Gasteiger partial charge on any atom is -0.456 e. The molecule has 2 fully saturated rings. The van der Waals surface area contributed by atoms with Crippen LogP contribution in [-0.4, -0.2) is 51.8 Å². The molecule has 2 aliphatic rings. The minimum absolute atomic E-state index is 0.188. The van der Waals surface area contributed by atoms with Gasteiger partial charge in [0.05, 0.1) is 5.56 Å². The van der Waals surface area contributed by atoms with Crippen LogP contribution < -0.4 is 5.32 Å². The van der Waals surface area contributed by atoms with Crippen molar-refractivity contribution in [3.05, 3.63) is 52.8 Å². The molecule has 1 aliphatic carbocycles. The van der Waals surface area contributed by atoms with Crippen molar-refractivity contribution in [3.8, 4) is 5.69 Å². The Balaban J connectivity index is 1.43. The van der Waals surface area contributed by atoms with Crippen molar-refractivity contribution in [1.82, 2.24) is 14.8 Å². The zero-order chi connectivity index (χ0) is 25.5. The lowest BCUT2D eigenvalue weighted by Gasteiger charge is -2.19. The zero-order valence-corrected chi connectivity index (χ0v) is 19.2. The normalized spacial score (nSPS) is 17.2. The van der Waals surface area contributed by atoms with Crippen LogP contribution in [0.4, 0.5) is 18.0 Å². The lowest BCUT2D eigenvalue weighted by Crippen LogP contribution is -2.44. The minimum atomic E-state index is -4.51. The van der Waals surface area contributed by atoms with Gasteiger partial charge in [0.1, 0.15) is 12.1 Å². The van der Waals surface area contributed by atoms with Crippen molar-refractivity contribution in [2.45, 2.75) is 51.2 Å². The molecule has 1 aromatic carbocycles. The molecule has 1 spiro atoms. The summed E-state index contributed by atoms with van der Waals surface area (Å²) in [6, 6.07) is 5.58. The first kappa shape index (κ1) is 24.5. The van der Waals surface area contributed by atoms with Gasteiger partial charge in [-0.1, -0.05) is 18.9 Å². The topological polar surface area (TPSA) is 97.7 Å². The van der Waals surface area contributed by atoms with Gasteiger partial charge in [0, 0.05) is 22.6 Å². The molecule has 8 nitrogen and oxygen atoms in total. The number of alkyl halides is 3. The van der Waals surface area contributed by atoms with Gasteiger partial charge in [-0.2, -0.15) is 13.2 Å². The number of urea groups is 1. The molecule has 0 bridgehead atoms. The second-order valence-electron chi connectivity index (χ2n) is 8.86. The lowest BCUT2D eigenvalue weighted by atomic mass is 9.98. The standard InChI is InChI=1S/C24H24F3N3O5/c1-14-10-18(15(2)30(14)17-7-5-6-16(11-17)24(25,26)27)19(31)13-35-20(32)12-29-21(33)23(28-22(29)34)8-3-4-9-23/h5-7,10-11H,3-4,8-9,12-13H2,1-2H3,(H,28,34). The van der Waals surface area contributed by atoms with E-state index in [1.54, 1.807) is 13.8 Å². The van der Waals surface area contributed by atoms with E-state index in [9.17, 15) is 32.3 Å². The number of nitrogens with zero attached hydrogens (tertiary/aromatic N) is 2. The summed E-state index contributed by atoms with van der Waals surface area (Å²) >= 11 is 0. The number of ketones is 1. The molecular formula is C24H24F3N3O5. The lowest BCUT2D eigenvalue weighted by molar-refractivity contribution is -0.146. The highest BCUT2D eigenvalue weighted by atomic mass is 19.4. The van der Waals surface area contributed by atoms with Crippen molar-refractivity contribution < 1.29 is 37.1 Å². The largest absolute Gasteiger partial charge is 0.456 e. The zero-order valence-electron chi connectivity index (χ0n) is 19.2. The number of Topliss-reactive ketones (excluding diaryl/α,β-unsaturated/α-hetero) is 1. The van der Waals surface area contributed by atoms with Gasteiger partial charge in [-0.05, 0) is 51.0 Å². The average Bonchev–Trinajstić information content (AvgIpc) is 3.45. The van der Waals surface area contributed by atoms with Crippen LogP contribution >= 0.6 is 0 Å². The number of imide groups is 1. The molecule has 186 valence electrons. The number of carbonyl (C=O) groups excluding carboxylic acids is 4. The summed E-state index contributed by atoms with van der Waals surface area (Å²) in [6.45, 7) is 1.98. The maximum absolute atomic E-state index is 13.1. The molecule has 1 saturated heterocycles. The first-order chi connectivity index (χ1) is 16.4. The van der Waals surface area contributed by atoms with Crippen LogP contribution in [0.5, 0.6) is 0 Å². The number of esters is 1. The SMILES string of the molecule is Cc1cc(C(=O)COC(=O)CN2C(=O)NC3(CCCC3)C2=O)c(C)n1-c1cccc(C(F)(F)F)c1. The molecule has 2 heterocycles.